The number of urea groups is 1. The Morgan fingerprint density at radius 1 is 0.508 bits per heavy atom. The third-order valence-corrected chi connectivity index (χ3v) is 24.2. The zero-order valence-electron chi connectivity index (χ0n) is 76.1. The predicted molar refractivity (Wildman–Crippen MR) is 491 cm³/mol. The number of Topliss-reactive ketones (excluding diaryl/α,β-unsaturated/α-hetero) is 1. The van der Waals surface area contributed by atoms with Crippen LogP contribution in [0, 0.1) is 40.5 Å². The Labute approximate surface area is 756 Å². The molecule has 6 aromatic carbocycles. The van der Waals surface area contributed by atoms with Crippen LogP contribution in [0.4, 0.5) is 9.59 Å². The van der Waals surface area contributed by atoms with Crippen molar-refractivity contribution in [2.24, 2.45) is 5.92 Å². The molecule has 28 nitrogen and oxygen atoms in total. The first-order valence-electron chi connectivity index (χ1n) is 44.4. The molecule has 1 aromatic heterocycles. The molecule has 0 bridgehead atoms. The minimum atomic E-state index is -0.272. The molecule has 0 saturated carbocycles. The standard InChI is InChI=1S/C18H24N2O4.C18H21NO3.C17H25NO3.C16H21NO4.C15H21NO4.C15H17NO3S/c1-13(21)17-15(22)7-4-8-16(17)24-12-14-6-5-11-20(14)18(23)19-9-2-3-10-19;1-13-16(20)8-5-9-17(13)22-12-14-6-4-7-15(14)18(21)19-10-2-3-11-19;1-12(2)17(20)18-10-5-4-7-14(18)11-21-16-9-6-8-15(19)13(16)3;1-3-17-16(19)13-7-8-20-9-12(13)10-21-15-6-4-5-14(18)11(15)2;1-3-19-15(18)16-9-5-6-12(16)10-20-14-8-4-7-13(17)11(14)2;1-10-12(17)5-4-6-13(10)19-9-11-7-8-20-14(11)15(18)16(2)3/h4,7-8,14,22H,2-3,5-6,9-12H2,1H3;4-6,8-9,20H,2-3,7,10-12H2,1H3;6,8-9,12,14,19H,4-5,7,10-11H2,1-3H3;4-6,18H,3,7-10H2,1-2H3,(H,17,19);4,7-8,12,17H,3,5-6,9-10H2,1-2H3;4-8,17H,9H2,1-3H3. The number of aromatic hydroxyl groups is 6. The number of carbonyl (C=O) groups excluding carboxylic acids is 7. The number of amides is 7. The number of thiophene rings is 1. The molecule has 3 unspecified atom stereocenters. The van der Waals surface area contributed by atoms with Gasteiger partial charge in [0.15, 0.2) is 5.78 Å². The summed E-state index contributed by atoms with van der Waals surface area (Å²) < 4.78 is 45.1. The van der Waals surface area contributed by atoms with Gasteiger partial charge in [-0.2, -0.15) is 0 Å². The van der Waals surface area contributed by atoms with Gasteiger partial charge in [0, 0.05) is 129 Å². The number of allylic oxidation sites excluding steroid dienone is 1. The molecule has 5 fully saturated rings. The summed E-state index contributed by atoms with van der Waals surface area (Å²) in [6, 6.07) is 33.0. The maximum Gasteiger partial charge on any atom is 0.410 e. The van der Waals surface area contributed by atoms with Crippen LogP contribution < -0.4 is 33.7 Å². The SMILES string of the molecule is CC(=O)c1c(O)cccc1OCC1CCCN1C(=O)N1CCCC1.CCNC(=O)C1=C(COc2cccc(O)c2C)COCC1.CCOC(=O)N1CCCC1COc1cccc(O)c1C.Cc1c(O)cccc1OCC1=C(C(=O)N2CCCC2)CC=C1.Cc1c(O)cccc1OCC1CCCCN1C(=O)C(C)C.Cc1c(O)cccc1OCc1ccsc1C(=O)N(C)C. The largest absolute Gasteiger partial charge is 0.508 e. The molecule has 7 N–H and O–H groups in total. The minimum absolute atomic E-state index is 0.0141. The summed E-state index contributed by atoms with van der Waals surface area (Å²) in [7, 11) is 3.46. The fourth-order valence-electron chi connectivity index (χ4n) is 15.6. The topological polar surface area (TPSA) is 346 Å². The van der Waals surface area contributed by atoms with E-state index >= 15 is 0 Å². The average Bonchev–Trinajstić information content (AvgIpc) is 1.65. The van der Waals surface area contributed by atoms with Crippen LogP contribution in [-0.4, -0.2) is 239 Å². The molecule has 6 aliphatic heterocycles. The minimum Gasteiger partial charge on any atom is -0.508 e. The molecule has 14 rings (SSSR count). The van der Waals surface area contributed by atoms with E-state index in [-0.39, 0.29) is 112 Å². The van der Waals surface area contributed by atoms with Crippen molar-refractivity contribution >= 4 is 52.9 Å². The normalized spacial score (nSPS) is 16.8. The number of ether oxygens (including phenoxy) is 8. The van der Waals surface area contributed by atoms with Gasteiger partial charge >= 0.3 is 12.1 Å². The van der Waals surface area contributed by atoms with Crippen molar-refractivity contribution in [3.8, 4) is 69.0 Å². The smallest absolute Gasteiger partial charge is 0.410 e. The zero-order chi connectivity index (χ0) is 92.5. The van der Waals surface area contributed by atoms with Crippen molar-refractivity contribution in [2.75, 3.05) is 119 Å². The number of piperidine rings is 1. The first kappa shape index (κ1) is 99.7. The van der Waals surface area contributed by atoms with Gasteiger partial charge in [0.05, 0.1) is 42.8 Å². The van der Waals surface area contributed by atoms with Crippen LogP contribution in [0.15, 0.2) is 155 Å². The third-order valence-electron chi connectivity index (χ3n) is 23.2. The van der Waals surface area contributed by atoms with Gasteiger partial charge in [-0.15, -0.1) is 11.3 Å². The number of rotatable bonds is 25. The highest BCUT2D eigenvalue weighted by molar-refractivity contribution is 7.12. The number of benzene rings is 6. The van der Waals surface area contributed by atoms with E-state index in [1.165, 1.54) is 24.3 Å². The van der Waals surface area contributed by atoms with Gasteiger partial charge in [-0.3, -0.25) is 24.0 Å². The zero-order valence-corrected chi connectivity index (χ0v) is 76.9. The summed E-state index contributed by atoms with van der Waals surface area (Å²) >= 11 is 1.41. The first-order chi connectivity index (χ1) is 61.5. The van der Waals surface area contributed by atoms with E-state index in [9.17, 15) is 64.2 Å². The molecule has 7 aliphatic rings. The van der Waals surface area contributed by atoms with Crippen molar-refractivity contribution in [3.05, 3.63) is 199 Å². The number of likely N-dealkylation sites (N-methyl/N-ethyl adjacent to an activating group) is 1. The number of ketones is 1. The number of likely N-dealkylation sites (tertiary alicyclic amines) is 5. The van der Waals surface area contributed by atoms with Crippen molar-refractivity contribution in [1.29, 1.82) is 0 Å². The van der Waals surface area contributed by atoms with E-state index in [0.717, 1.165) is 149 Å². The molecule has 7 aromatic rings. The third kappa shape index (κ3) is 27.9. The van der Waals surface area contributed by atoms with Gasteiger partial charge in [0.25, 0.3) is 5.91 Å². The Hall–Kier alpha value is -12.1. The summed E-state index contributed by atoms with van der Waals surface area (Å²) in [5.41, 5.74) is 8.03. The van der Waals surface area contributed by atoms with Gasteiger partial charge < -0.3 is 103 Å². The van der Waals surface area contributed by atoms with Crippen molar-refractivity contribution < 1.29 is 102 Å². The highest BCUT2D eigenvalue weighted by Crippen LogP contribution is 2.36. The molecule has 5 saturated heterocycles. The van der Waals surface area contributed by atoms with Crippen molar-refractivity contribution in [3.63, 3.8) is 0 Å². The van der Waals surface area contributed by atoms with Gasteiger partial charge in [0.2, 0.25) is 17.7 Å². The Morgan fingerprint density at radius 3 is 1.45 bits per heavy atom. The van der Waals surface area contributed by atoms with Crippen molar-refractivity contribution in [1.82, 2.24) is 34.7 Å². The summed E-state index contributed by atoms with van der Waals surface area (Å²) in [6.07, 6.45) is 16.3. The van der Waals surface area contributed by atoms with E-state index in [1.54, 1.807) is 130 Å². The number of carbonyl (C=O) groups is 7. The quantitative estimate of drug-likeness (QED) is 0.0261. The number of nitrogens with zero attached hydrogens (tertiary/aromatic N) is 6. The van der Waals surface area contributed by atoms with Crippen LogP contribution in [0.2, 0.25) is 0 Å². The molecule has 128 heavy (non-hydrogen) atoms. The summed E-state index contributed by atoms with van der Waals surface area (Å²) in [5, 5.41) is 62.9. The van der Waals surface area contributed by atoms with Gasteiger partial charge in [-0.25, -0.2) is 9.59 Å². The summed E-state index contributed by atoms with van der Waals surface area (Å²) in [4.78, 5) is 96.6. The van der Waals surface area contributed by atoms with Gasteiger partial charge in [0.1, 0.15) is 114 Å². The summed E-state index contributed by atoms with van der Waals surface area (Å²) in [6.45, 7) is 27.9. The monoisotopic (exact) mass is 1780 g/mol. The fourth-order valence-corrected chi connectivity index (χ4v) is 16.5. The highest BCUT2D eigenvalue weighted by Gasteiger charge is 2.36. The van der Waals surface area contributed by atoms with Crippen LogP contribution in [0.1, 0.15) is 171 Å². The molecule has 3 atom stereocenters. The molecule has 692 valence electrons. The maximum atomic E-state index is 12.6. The Kier molecular flexibility index (Phi) is 38.8. The predicted octanol–water partition coefficient (Wildman–Crippen LogP) is 16.4. The van der Waals surface area contributed by atoms with Crippen LogP contribution in [0.25, 0.3) is 0 Å². The second-order valence-electron chi connectivity index (χ2n) is 32.8. The number of hydrogen-bond acceptors (Lipinski definition) is 22. The maximum absolute atomic E-state index is 12.6. The van der Waals surface area contributed by atoms with Crippen LogP contribution in [-0.2, 0) is 30.5 Å². The molecule has 7 amide bonds. The molecule has 7 heterocycles. The van der Waals surface area contributed by atoms with E-state index < -0.39 is 0 Å². The summed E-state index contributed by atoms with van der Waals surface area (Å²) in [5.74, 6) is 4.70. The molecule has 0 radical (unpaired) electrons. The van der Waals surface area contributed by atoms with E-state index in [0.29, 0.717) is 135 Å². The molecular formula is C99H129N7O21S. The second kappa shape index (κ2) is 49.9. The molecule has 29 heteroatoms. The fraction of sp³-hybridized carbons (Fsp3) is 0.465. The number of phenolic OH excluding ortho intramolecular Hbond substituents is 6. The van der Waals surface area contributed by atoms with Crippen LogP contribution in [0.5, 0.6) is 69.0 Å². The van der Waals surface area contributed by atoms with E-state index in [1.807, 2.05) is 103 Å². The lowest BCUT2D eigenvalue weighted by Gasteiger charge is -2.36. The molecular weight excluding hydrogens is 1660 g/mol. The van der Waals surface area contributed by atoms with Gasteiger partial charge in [-0.05, 0) is 222 Å². The molecule has 0 spiro atoms. The Morgan fingerprint density at radius 2 is 0.945 bits per heavy atom. The number of nitrogens with one attached hydrogen (secondary N) is 1. The number of phenols is 6. The second-order valence-corrected chi connectivity index (χ2v) is 33.7. The van der Waals surface area contributed by atoms with Crippen molar-refractivity contribution in [2.45, 2.75) is 177 Å². The van der Waals surface area contributed by atoms with E-state index in [4.69, 9.17) is 37.9 Å². The number of hydrogen-bond donors (Lipinski definition) is 7. The molecule has 1 aliphatic carbocycles. The van der Waals surface area contributed by atoms with E-state index in [2.05, 4.69) is 5.32 Å². The average molecular weight is 1790 g/mol. The van der Waals surface area contributed by atoms with Crippen LogP contribution in [0.3, 0.4) is 0 Å². The lowest BCUT2D eigenvalue weighted by atomic mass is 10.0. The van der Waals surface area contributed by atoms with Gasteiger partial charge in [-0.1, -0.05) is 62.4 Å². The highest BCUT2D eigenvalue weighted by atomic mass is 32.1. The Balaban J connectivity index is 0.000000174. The lowest BCUT2D eigenvalue weighted by Crippen LogP contribution is -2.48. The Bertz CT molecular complexity index is 4990. The lowest BCUT2D eigenvalue weighted by molar-refractivity contribution is -0.139. The first-order valence-corrected chi connectivity index (χ1v) is 45.2. The van der Waals surface area contributed by atoms with Crippen LogP contribution >= 0.6 is 11.3 Å².